The third-order valence-electron chi connectivity index (χ3n) is 2.87. The zero-order chi connectivity index (χ0) is 16.3. The highest BCUT2D eigenvalue weighted by Gasteiger charge is 2.14. The summed E-state index contributed by atoms with van der Waals surface area (Å²) in [5, 5.41) is 2.00. The molecule has 8 nitrogen and oxygen atoms in total. The number of methoxy groups -OCH3 is 1. The highest BCUT2D eigenvalue weighted by atomic mass is 32.3. The summed E-state index contributed by atoms with van der Waals surface area (Å²) in [6.07, 6.45) is 4.23. The van der Waals surface area contributed by atoms with Crippen molar-refractivity contribution in [1.29, 1.82) is 0 Å². The molecule has 0 aromatic carbocycles. The van der Waals surface area contributed by atoms with Gasteiger partial charge in [0, 0.05) is 40.0 Å². The summed E-state index contributed by atoms with van der Waals surface area (Å²) in [4.78, 5) is 22.9. The van der Waals surface area contributed by atoms with Gasteiger partial charge < -0.3 is 9.64 Å². The number of ether oxygens (including phenoxy) is 1. The van der Waals surface area contributed by atoms with E-state index in [9.17, 15) is 18.7 Å². The van der Waals surface area contributed by atoms with Gasteiger partial charge in [-0.2, -0.15) is 0 Å². The van der Waals surface area contributed by atoms with E-state index in [0.717, 1.165) is 0 Å². The molecule has 0 rings (SSSR count). The molecule has 0 aliphatic carbocycles. The van der Waals surface area contributed by atoms with Crippen molar-refractivity contribution in [2.24, 2.45) is 0 Å². The lowest BCUT2D eigenvalue weighted by atomic mass is 10.2. The average molecular weight is 323 g/mol. The zero-order valence-corrected chi connectivity index (χ0v) is 13.4. The molecule has 0 saturated carbocycles. The molecule has 0 radical (unpaired) electrons. The Hall–Kier alpha value is -1.13. The van der Waals surface area contributed by atoms with Gasteiger partial charge >= 0.3 is 0 Å². The molecule has 0 spiro atoms. The first-order chi connectivity index (χ1) is 9.84. The Morgan fingerprint density at radius 1 is 1.43 bits per heavy atom. The molecule has 0 heterocycles. The minimum absolute atomic E-state index is 0.107. The Morgan fingerprint density at radius 2 is 2.10 bits per heavy atom. The molecule has 1 unspecified atom stereocenters. The second kappa shape index (κ2) is 10.6. The van der Waals surface area contributed by atoms with Crippen LogP contribution in [-0.2, 0) is 14.3 Å². The number of rotatable bonds is 11. The highest BCUT2D eigenvalue weighted by molar-refractivity contribution is 8.22. The highest BCUT2D eigenvalue weighted by Crippen LogP contribution is 2.33. The average Bonchev–Trinajstić information content (AvgIpc) is 2.45. The maximum atomic E-state index is 11.0. The maximum absolute atomic E-state index is 11.0. The van der Waals surface area contributed by atoms with E-state index in [0.29, 0.717) is 25.8 Å². The largest absolute Gasteiger partial charge is 0.381 e. The lowest BCUT2D eigenvalue weighted by Crippen LogP contribution is -2.25. The van der Waals surface area contributed by atoms with Crippen LogP contribution in [-0.4, -0.2) is 65.9 Å². The van der Waals surface area contributed by atoms with Crippen molar-refractivity contribution in [3.63, 3.8) is 0 Å². The molecule has 1 atom stereocenters. The van der Waals surface area contributed by atoms with Gasteiger partial charge in [-0.05, 0) is 12.8 Å². The summed E-state index contributed by atoms with van der Waals surface area (Å²) in [6, 6.07) is 0. The van der Waals surface area contributed by atoms with E-state index in [4.69, 9.17) is 4.74 Å². The molecule has 4 N–H and O–H groups in total. The van der Waals surface area contributed by atoms with Crippen LogP contribution in [0.4, 0.5) is 0 Å². The Bertz CT molecular complexity index is 352. The van der Waals surface area contributed by atoms with Crippen molar-refractivity contribution >= 4 is 23.1 Å². The van der Waals surface area contributed by atoms with E-state index in [1.165, 1.54) is 13.1 Å². The number of carbonyl (C=O) groups is 2. The van der Waals surface area contributed by atoms with Crippen LogP contribution >= 0.6 is 10.8 Å². The van der Waals surface area contributed by atoms with E-state index in [1.807, 2.05) is 5.32 Å². The molecule has 0 saturated heterocycles. The molecular formula is C12H25N3O5S. The summed E-state index contributed by atoms with van der Waals surface area (Å²) in [7, 11) is 2.13. The molecule has 0 aromatic rings. The Labute approximate surface area is 127 Å². The van der Waals surface area contributed by atoms with E-state index in [-0.39, 0.29) is 11.9 Å². The fraction of sp³-hybridized carbons (Fsp3) is 0.667. The van der Waals surface area contributed by atoms with E-state index in [2.05, 4.69) is 4.72 Å². The van der Waals surface area contributed by atoms with Gasteiger partial charge in [0.25, 0.3) is 5.91 Å². The molecule has 21 heavy (non-hydrogen) atoms. The Balaban J connectivity index is 4.09. The molecule has 0 fully saturated rings. The second-order valence-corrected chi connectivity index (χ2v) is 6.58. The first-order valence-corrected chi connectivity index (χ1v) is 8.16. The summed E-state index contributed by atoms with van der Waals surface area (Å²) in [6.45, 7) is 0.627. The molecule has 0 aromatic heterocycles. The summed E-state index contributed by atoms with van der Waals surface area (Å²) in [5.74, 6) is -0.258. The summed E-state index contributed by atoms with van der Waals surface area (Å²) in [5.41, 5.74) is 0. The molecular weight excluding hydrogens is 298 g/mol. The second-order valence-electron chi connectivity index (χ2n) is 4.43. The fourth-order valence-electron chi connectivity index (χ4n) is 1.50. The van der Waals surface area contributed by atoms with Crippen LogP contribution in [0.1, 0.15) is 12.8 Å². The van der Waals surface area contributed by atoms with Gasteiger partial charge in [-0.25, -0.2) is 4.72 Å². The van der Waals surface area contributed by atoms with Gasteiger partial charge in [0.2, 0.25) is 6.41 Å². The van der Waals surface area contributed by atoms with Crippen LogP contribution in [0.2, 0.25) is 0 Å². The zero-order valence-electron chi connectivity index (χ0n) is 12.6. The van der Waals surface area contributed by atoms with Crippen LogP contribution < -0.4 is 10.0 Å². The van der Waals surface area contributed by atoms with Gasteiger partial charge in [0.05, 0.1) is 11.9 Å². The minimum atomic E-state index is -2.73. The SMILES string of the molecule is CNS(O)(O)CCC(CCN(C)/C=C\C(=O)NC=O)OC. The Morgan fingerprint density at radius 3 is 2.62 bits per heavy atom. The van der Waals surface area contributed by atoms with E-state index >= 15 is 0 Å². The number of carbonyl (C=O) groups excluding carboxylic acids is 2. The third-order valence-corrected chi connectivity index (χ3v) is 4.33. The minimum Gasteiger partial charge on any atom is -0.381 e. The number of imide groups is 1. The van der Waals surface area contributed by atoms with Crippen molar-refractivity contribution < 1.29 is 23.4 Å². The molecule has 0 bridgehead atoms. The fourth-order valence-corrected chi connectivity index (χ4v) is 2.30. The summed E-state index contributed by atoms with van der Waals surface area (Å²) >= 11 is 0. The topological polar surface area (TPSA) is 111 Å². The van der Waals surface area contributed by atoms with Crippen LogP contribution in [0.25, 0.3) is 0 Å². The maximum Gasteiger partial charge on any atom is 0.251 e. The van der Waals surface area contributed by atoms with E-state index < -0.39 is 16.7 Å². The van der Waals surface area contributed by atoms with Crippen LogP contribution in [0.15, 0.2) is 12.3 Å². The van der Waals surface area contributed by atoms with Crippen LogP contribution in [0.5, 0.6) is 0 Å². The predicted octanol–water partition coefficient (Wildman–Crippen LogP) is 0.385. The molecule has 2 amide bonds. The summed E-state index contributed by atoms with van der Waals surface area (Å²) < 4.78 is 26.8. The van der Waals surface area contributed by atoms with Gasteiger partial charge in [-0.15, -0.1) is 10.8 Å². The van der Waals surface area contributed by atoms with Crippen molar-refractivity contribution in [3.8, 4) is 0 Å². The number of hydrogen-bond donors (Lipinski definition) is 4. The normalized spacial score (nSPS) is 14.0. The van der Waals surface area contributed by atoms with Gasteiger partial charge in [0.15, 0.2) is 0 Å². The van der Waals surface area contributed by atoms with Crippen molar-refractivity contribution in [2.45, 2.75) is 18.9 Å². The standard InChI is InChI=1S/C12H25N3O5S/c1-13-21(18,19)9-6-11(20-3)4-7-15(2)8-5-12(17)14-10-16/h5,8,10-11,13,18-19H,4,6-7,9H2,1-3H3,(H,14,16,17)/b8-5-. The monoisotopic (exact) mass is 323 g/mol. The molecule has 0 aliphatic heterocycles. The smallest absolute Gasteiger partial charge is 0.251 e. The Kier molecular flexibility index (Phi) is 10.0. The molecule has 9 heteroatoms. The lowest BCUT2D eigenvalue weighted by Gasteiger charge is -2.32. The van der Waals surface area contributed by atoms with Crippen molar-refractivity contribution in [1.82, 2.24) is 14.9 Å². The number of hydrogen-bond acceptors (Lipinski definition) is 7. The van der Waals surface area contributed by atoms with Gasteiger partial charge in [0.1, 0.15) is 0 Å². The predicted molar refractivity (Wildman–Crippen MR) is 82.8 cm³/mol. The first kappa shape index (κ1) is 19.9. The molecule has 0 aliphatic rings. The van der Waals surface area contributed by atoms with Crippen molar-refractivity contribution in [2.75, 3.05) is 33.5 Å². The van der Waals surface area contributed by atoms with Crippen LogP contribution in [0.3, 0.4) is 0 Å². The quantitative estimate of drug-likeness (QED) is 0.321. The first-order valence-electron chi connectivity index (χ1n) is 6.44. The number of nitrogens with zero attached hydrogens (tertiary/aromatic N) is 1. The third kappa shape index (κ3) is 10.3. The van der Waals surface area contributed by atoms with E-state index in [1.54, 1.807) is 25.3 Å². The van der Waals surface area contributed by atoms with Gasteiger partial charge in [-0.3, -0.25) is 24.0 Å². The molecule has 124 valence electrons. The number of amides is 2. The van der Waals surface area contributed by atoms with Crippen molar-refractivity contribution in [3.05, 3.63) is 12.3 Å². The lowest BCUT2D eigenvalue weighted by molar-refractivity contribution is -0.121. The van der Waals surface area contributed by atoms with Crippen LogP contribution in [0, 0.1) is 0 Å². The number of nitrogens with one attached hydrogen (secondary N) is 2. The van der Waals surface area contributed by atoms with Gasteiger partial charge in [-0.1, -0.05) is 0 Å².